The number of amides is 3. The van der Waals surface area contributed by atoms with Crippen LogP contribution in [0.15, 0.2) is 77.7 Å². The molecular formula is C28H29FN4O4S. The predicted octanol–water partition coefficient (Wildman–Crippen LogP) is 4.00. The van der Waals surface area contributed by atoms with Gasteiger partial charge >= 0.3 is 6.03 Å². The van der Waals surface area contributed by atoms with E-state index in [0.717, 1.165) is 30.4 Å². The molecule has 1 atom stereocenters. The van der Waals surface area contributed by atoms with E-state index in [4.69, 9.17) is 0 Å². The van der Waals surface area contributed by atoms with Crippen molar-refractivity contribution in [2.24, 2.45) is 0 Å². The zero-order chi connectivity index (χ0) is 26.7. The molecule has 2 N–H and O–H groups in total. The molecule has 1 unspecified atom stereocenters. The summed E-state index contributed by atoms with van der Waals surface area (Å²) >= 11 is 0. The zero-order valence-corrected chi connectivity index (χ0v) is 21.6. The van der Waals surface area contributed by atoms with Gasteiger partial charge in [0.15, 0.2) is 0 Å². The summed E-state index contributed by atoms with van der Waals surface area (Å²) in [6, 6.07) is 18.6. The van der Waals surface area contributed by atoms with Crippen molar-refractivity contribution < 1.29 is 22.4 Å². The Bertz CT molecular complexity index is 1440. The first-order valence-corrected chi connectivity index (χ1v) is 14.1. The van der Waals surface area contributed by atoms with E-state index < -0.39 is 22.1 Å². The van der Waals surface area contributed by atoms with Gasteiger partial charge in [0.05, 0.1) is 10.9 Å². The Balaban J connectivity index is 1.26. The molecule has 198 valence electrons. The lowest BCUT2D eigenvalue weighted by Crippen LogP contribution is -2.50. The van der Waals surface area contributed by atoms with Crippen molar-refractivity contribution in [2.45, 2.75) is 36.6 Å². The van der Waals surface area contributed by atoms with Gasteiger partial charge in [0.2, 0.25) is 0 Å². The number of carbonyl (C=O) groups excluding carboxylic acids is 2. The van der Waals surface area contributed by atoms with Crippen LogP contribution in [0.1, 0.15) is 52.4 Å². The van der Waals surface area contributed by atoms with Gasteiger partial charge in [0, 0.05) is 25.2 Å². The smallest absolute Gasteiger partial charge is 0.327 e. The van der Waals surface area contributed by atoms with Crippen LogP contribution in [0.3, 0.4) is 0 Å². The standard InChI is InChI=1S/C28H29FN4O4S/c29-22-8-6-7-21(19-22)26-24-9-2-3-10-25(24)27(34)33(26)18-15-20-11-13-23(14-12-20)38(36,37)31-28(35)30-32-16-4-1-5-17-32/h2-3,6-14,19,26H,1,4-5,15-18H2,(H2,30,31,35). The minimum absolute atomic E-state index is 0.0302. The Labute approximate surface area is 221 Å². The largest absolute Gasteiger partial charge is 0.343 e. The highest BCUT2D eigenvalue weighted by atomic mass is 32.2. The van der Waals surface area contributed by atoms with E-state index in [1.807, 2.05) is 24.3 Å². The average Bonchev–Trinajstić information content (AvgIpc) is 3.19. The Hall–Kier alpha value is -3.76. The number of piperidine rings is 1. The first-order valence-electron chi connectivity index (χ1n) is 12.6. The van der Waals surface area contributed by atoms with Crippen LogP contribution < -0.4 is 10.1 Å². The van der Waals surface area contributed by atoms with Gasteiger partial charge < -0.3 is 4.90 Å². The van der Waals surface area contributed by atoms with Crippen LogP contribution >= 0.6 is 0 Å². The average molecular weight is 537 g/mol. The van der Waals surface area contributed by atoms with Crippen molar-refractivity contribution in [3.8, 4) is 0 Å². The van der Waals surface area contributed by atoms with E-state index in [9.17, 15) is 22.4 Å². The van der Waals surface area contributed by atoms with E-state index in [0.29, 0.717) is 37.2 Å². The van der Waals surface area contributed by atoms with E-state index in [1.165, 1.54) is 24.3 Å². The second-order valence-corrected chi connectivity index (χ2v) is 11.2. The molecule has 0 saturated carbocycles. The van der Waals surface area contributed by atoms with Crippen LogP contribution in [0.4, 0.5) is 9.18 Å². The van der Waals surface area contributed by atoms with Crippen LogP contribution in [-0.2, 0) is 16.4 Å². The highest BCUT2D eigenvalue weighted by molar-refractivity contribution is 7.90. The highest BCUT2D eigenvalue weighted by Crippen LogP contribution is 2.38. The summed E-state index contributed by atoms with van der Waals surface area (Å²) in [7, 11) is -4.04. The Morgan fingerprint density at radius 3 is 2.42 bits per heavy atom. The van der Waals surface area contributed by atoms with E-state index in [-0.39, 0.29) is 16.6 Å². The van der Waals surface area contributed by atoms with Gasteiger partial charge in [-0.2, -0.15) is 0 Å². The number of urea groups is 1. The van der Waals surface area contributed by atoms with Gasteiger partial charge in [-0.15, -0.1) is 0 Å². The number of rotatable bonds is 7. The van der Waals surface area contributed by atoms with E-state index in [2.05, 4.69) is 10.1 Å². The lowest BCUT2D eigenvalue weighted by molar-refractivity contribution is 0.0751. The molecule has 8 nitrogen and oxygen atoms in total. The Kier molecular flexibility index (Phi) is 7.44. The summed E-state index contributed by atoms with van der Waals surface area (Å²) in [5, 5.41) is 1.71. The van der Waals surface area contributed by atoms with E-state index in [1.54, 1.807) is 34.2 Å². The summed E-state index contributed by atoms with van der Waals surface area (Å²) < 4.78 is 41.4. The summed E-state index contributed by atoms with van der Waals surface area (Å²) in [4.78, 5) is 27.1. The van der Waals surface area contributed by atoms with Crippen LogP contribution in [-0.4, -0.2) is 49.9 Å². The second kappa shape index (κ2) is 10.9. The molecule has 2 aliphatic rings. The molecule has 38 heavy (non-hydrogen) atoms. The highest BCUT2D eigenvalue weighted by Gasteiger charge is 2.37. The summed E-state index contributed by atoms with van der Waals surface area (Å²) in [5.41, 5.74) is 5.53. The van der Waals surface area contributed by atoms with Crippen molar-refractivity contribution in [1.29, 1.82) is 0 Å². The Morgan fingerprint density at radius 1 is 0.947 bits per heavy atom. The maximum Gasteiger partial charge on any atom is 0.343 e. The second-order valence-electron chi connectivity index (χ2n) is 9.53. The van der Waals surface area contributed by atoms with Gasteiger partial charge in [-0.05, 0) is 66.3 Å². The molecular weight excluding hydrogens is 507 g/mol. The zero-order valence-electron chi connectivity index (χ0n) is 20.8. The maximum atomic E-state index is 14.0. The predicted molar refractivity (Wildman–Crippen MR) is 140 cm³/mol. The third-order valence-electron chi connectivity index (χ3n) is 6.94. The number of benzene rings is 3. The minimum Gasteiger partial charge on any atom is -0.327 e. The molecule has 2 heterocycles. The molecule has 0 spiro atoms. The number of nitrogens with zero attached hydrogens (tertiary/aromatic N) is 2. The summed E-state index contributed by atoms with van der Waals surface area (Å²) in [5.74, 6) is -0.493. The minimum atomic E-state index is -4.04. The van der Waals surface area contributed by atoms with Crippen molar-refractivity contribution in [3.63, 3.8) is 0 Å². The number of nitrogens with one attached hydrogen (secondary N) is 2. The molecule has 3 aromatic rings. The number of halogens is 1. The SMILES string of the molecule is O=C(NN1CCCCC1)NS(=O)(=O)c1ccc(CCN2C(=O)c3ccccc3C2c2cccc(F)c2)cc1. The van der Waals surface area contributed by atoms with Gasteiger partial charge in [-0.3, -0.25) is 10.2 Å². The fourth-order valence-electron chi connectivity index (χ4n) is 5.07. The lowest BCUT2D eigenvalue weighted by Gasteiger charge is -2.26. The Morgan fingerprint density at radius 2 is 1.68 bits per heavy atom. The van der Waals surface area contributed by atoms with Gasteiger partial charge in [0.1, 0.15) is 5.82 Å². The molecule has 2 aliphatic heterocycles. The lowest BCUT2D eigenvalue weighted by atomic mass is 9.97. The molecule has 0 aliphatic carbocycles. The number of fused-ring (bicyclic) bond motifs is 1. The molecule has 1 fully saturated rings. The first kappa shape index (κ1) is 25.9. The van der Waals surface area contributed by atoms with Gasteiger partial charge in [0.25, 0.3) is 15.9 Å². The van der Waals surface area contributed by atoms with Crippen LogP contribution in [0, 0.1) is 5.82 Å². The van der Waals surface area contributed by atoms with Crippen LogP contribution in [0.5, 0.6) is 0 Å². The molecule has 3 amide bonds. The van der Waals surface area contributed by atoms with Gasteiger partial charge in [-0.1, -0.05) is 48.9 Å². The van der Waals surface area contributed by atoms with Crippen molar-refractivity contribution in [3.05, 3.63) is 101 Å². The normalized spacial score (nSPS) is 17.8. The molecule has 0 radical (unpaired) electrons. The number of hydrogen-bond donors (Lipinski definition) is 2. The molecule has 5 rings (SSSR count). The fraction of sp³-hybridized carbons (Fsp3) is 0.286. The number of hydrazine groups is 1. The van der Waals surface area contributed by atoms with Crippen molar-refractivity contribution in [1.82, 2.24) is 20.1 Å². The monoisotopic (exact) mass is 536 g/mol. The molecule has 0 bridgehead atoms. The third kappa shape index (κ3) is 5.56. The maximum absolute atomic E-state index is 14.0. The third-order valence-corrected chi connectivity index (χ3v) is 8.29. The molecule has 0 aromatic heterocycles. The molecule has 1 saturated heterocycles. The summed E-state index contributed by atoms with van der Waals surface area (Å²) in [6.45, 7) is 1.73. The van der Waals surface area contributed by atoms with E-state index >= 15 is 0 Å². The topological polar surface area (TPSA) is 98.8 Å². The first-order chi connectivity index (χ1) is 18.3. The quantitative estimate of drug-likeness (QED) is 0.476. The fourth-order valence-corrected chi connectivity index (χ4v) is 5.98. The number of carbonyl (C=O) groups is 2. The van der Waals surface area contributed by atoms with Crippen molar-refractivity contribution in [2.75, 3.05) is 19.6 Å². The van der Waals surface area contributed by atoms with Crippen LogP contribution in [0.2, 0.25) is 0 Å². The number of sulfonamides is 1. The van der Waals surface area contributed by atoms with Crippen LogP contribution in [0.25, 0.3) is 0 Å². The molecule has 3 aromatic carbocycles. The summed E-state index contributed by atoms with van der Waals surface area (Å²) in [6.07, 6.45) is 3.46. The van der Waals surface area contributed by atoms with Gasteiger partial charge in [-0.25, -0.2) is 27.3 Å². The van der Waals surface area contributed by atoms with Crippen molar-refractivity contribution >= 4 is 22.0 Å². The molecule has 10 heteroatoms. The number of hydrogen-bond acceptors (Lipinski definition) is 5.